The van der Waals surface area contributed by atoms with Crippen LogP contribution in [0, 0.1) is 16.7 Å². The van der Waals surface area contributed by atoms with E-state index in [9.17, 15) is 4.79 Å². The Balaban J connectivity index is 2.11. The Kier molecular flexibility index (Phi) is 4.32. The summed E-state index contributed by atoms with van der Waals surface area (Å²) in [5, 5.41) is 9.73. The van der Waals surface area contributed by atoms with Crippen molar-refractivity contribution in [3.8, 4) is 6.07 Å². The van der Waals surface area contributed by atoms with Crippen molar-refractivity contribution in [3.63, 3.8) is 0 Å². The van der Waals surface area contributed by atoms with E-state index in [1.54, 1.807) is 30.9 Å². The molecule has 0 radical (unpaired) electrons. The number of amides is 1. The minimum Gasteiger partial charge on any atom is -0.370 e. The quantitative estimate of drug-likeness (QED) is 0.842. The molecule has 4 nitrogen and oxygen atoms in total. The topological polar surface area (TPSA) is 53.3 Å². The van der Waals surface area contributed by atoms with Crippen molar-refractivity contribution in [1.29, 1.82) is 5.26 Å². The van der Waals surface area contributed by atoms with Crippen LogP contribution in [-0.4, -0.2) is 30.5 Å². The normalized spacial score (nSPS) is 19.5. The fraction of sp³-hybridized carbons (Fsp3) is 0.467. The lowest BCUT2D eigenvalue weighted by Crippen LogP contribution is -2.47. The largest absolute Gasteiger partial charge is 0.370 e. The Morgan fingerprint density at radius 2 is 2.10 bits per heavy atom. The van der Waals surface area contributed by atoms with Crippen LogP contribution in [0.15, 0.2) is 24.3 Å². The van der Waals surface area contributed by atoms with E-state index in [-0.39, 0.29) is 12.0 Å². The van der Waals surface area contributed by atoms with Gasteiger partial charge in [0, 0.05) is 11.6 Å². The predicted molar refractivity (Wildman–Crippen MR) is 76.1 cm³/mol. The second kappa shape index (κ2) is 5.82. The molecule has 1 aliphatic heterocycles. The first-order valence-electron chi connectivity index (χ1n) is 6.52. The number of carbonyl (C=O) groups excluding carboxylic acids is 1. The molecule has 1 amide bonds. The zero-order valence-electron chi connectivity index (χ0n) is 11.6. The third-order valence-electron chi connectivity index (χ3n) is 3.41. The highest BCUT2D eigenvalue weighted by atomic mass is 35.5. The molecule has 20 heavy (non-hydrogen) atoms. The minimum atomic E-state index is -0.998. The van der Waals surface area contributed by atoms with Gasteiger partial charge in [0.1, 0.15) is 11.5 Å². The third-order valence-corrected chi connectivity index (χ3v) is 3.66. The van der Waals surface area contributed by atoms with Gasteiger partial charge in [0.05, 0.1) is 19.2 Å². The molecule has 1 aromatic carbocycles. The fourth-order valence-corrected chi connectivity index (χ4v) is 2.28. The number of ether oxygens (including phenoxy) is 1. The summed E-state index contributed by atoms with van der Waals surface area (Å²) in [6.45, 7) is 4.74. The molecule has 0 bridgehead atoms. The number of halogens is 1. The summed E-state index contributed by atoms with van der Waals surface area (Å²) >= 11 is 5.87. The van der Waals surface area contributed by atoms with Crippen LogP contribution in [0.3, 0.4) is 0 Å². The first-order chi connectivity index (χ1) is 9.44. The summed E-state index contributed by atoms with van der Waals surface area (Å²) in [4.78, 5) is 14.0. The highest BCUT2D eigenvalue weighted by Gasteiger charge is 2.35. The van der Waals surface area contributed by atoms with E-state index in [2.05, 4.69) is 6.07 Å². The first-order valence-corrected chi connectivity index (χ1v) is 6.89. The molecule has 1 atom stereocenters. The SMILES string of the molecule is CC(C)(C#N)C(=O)N1CCO[C@H](c2ccc(Cl)cc2)C1. The van der Waals surface area contributed by atoms with E-state index in [0.29, 0.717) is 24.7 Å². The van der Waals surface area contributed by atoms with Gasteiger partial charge in [-0.1, -0.05) is 23.7 Å². The molecular weight excluding hydrogens is 276 g/mol. The van der Waals surface area contributed by atoms with E-state index in [1.165, 1.54) is 0 Å². The summed E-state index contributed by atoms with van der Waals surface area (Å²) in [6, 6.07) is 9.46. The Hall–Kier alpha value is -1.57. The van der Waals surface area contributed by atoms with Crippen LogP contribution in [0.1, 0.15) is 25.5 Å². The van der Waals surface area contributed by atoms with Crippen molar-refractivity contribution in [2.75, 3.05) is 19.7 Å². The van der Waals surface area contributed by atoms with E-state index < -0.39 is 5.41 Å². The summed E-state index contributed by atoms with van der Waals surface area (Å²) in [5.74, 6) is -0.151. The highest BCUT2D eigenvalue weighted by molar-refractivity contribution is 6.30. The molecule has 0 aromatic heterocycles. The maximum Gasteiger partial charge on any atom is 0.242 e. The van der Waals surface area contributed by atoms with E-state index >= 15 is 0 Å². The van der Waals surface area contributed by atoms with Gasteiger partial charge in [-0.25, -0.2) is 0 Å². The van der Waals surface area contributed by atoms with Crippen LogP contribution in [0.2, 0.25) is 5.02 Å². The minimum absolute atomic E-state index is 0.151. The van der Waals surface area contributed by atoms with Gasteiger partial charge >= 0.3 is 0 Å². The van der Waals surface area contributed by atoms with Crippen LogP contribution in [0.4, 0.5) is 0 Å². The van der Waals surface area contributed by atoms with Crippen LogP contribution in [0.25, 0.3) is 0 Å². The molecule has 5 heteroatoms. The average Bonchev–Trinajstić information content (AvgIpc) is 2.47. The molecule has 0 N–H and O–H groups in total. The number of morpholine rings is 1. The predicted octanol–water partition coefficient (Wildman–Crippen LogP) is 2.79. The number of nitriles is 1. The molecular formula is C15H17ClN2O2. The van der Waals surface area contributed by atoms with Gasteiger partial charge < -0.3 is 9.64 Å². The monoisotopic (exact) mass is 292 g/mol. The maximum absolute atomic E-state index is 12.3. The second-order valence-corrected chi connectivity index (χ2v) is 5.84. The van der Waals surface area contributed by atoms with Crippen LogP contribution >= 0.6 is 11.6 Å². The molecule has 0 spiro atoms. The lowest BCUT2D eigenvalue weighted by Gasteiger charge is -2.35. The number of rotatable bonds is 2. The number of hydrogen-bond acceptors (Lipinski definition) is 3. The van der Waals surface area contributed by atoms with Gasteiger partial charge in [-0.2, -0.15) is 5.26 Å². The molecule has 1 aliphatic rings. The molecule has 1 heterocycles. The van der Waals surface area contributed by atoms with Crippen LogP contribution < -0.4 is 0 Å². The second-order valence-electron chi connectivity index (χ2n) is 5.40. The Bertz CT molecular complexity index is 534. The Labute approximate surface area is 123 Å². The summed E-state index contributed by atoms with van der Waals surface area (Å²) in [5.41, 5.74) is -0.0105. The van der Waals surface area contributed by atoms with Crippen molar-refractivity contribution in [3.05, 3.63) is 34.9 Å². The summed E-state index contributed by atoms with van der Waals surface area (Å²) in [6.07, 6.45) is -0.167. The van der Waals surface area contributed by atoms with Crippen molar-refractivity contribution < 1.29 is 9.53 Å². The van der Waals surface area contributed by atoms with E-state index in [0.717, 1.165) is 5.56 Å². The highest BCUT2D eigenvalue weighted by Crippen LogP contribution is 2.26. The van der Waals surface area contributed by atoms with Gasteiger partial charge in [0.15, 0.2) is 0 Å². The zero-order valence-corrected chi connectivity index (χ0v) is 12.4. The number of benzene rings is 1. The molecule has 0 saturated carbocycles. The van der Waals surface area contributed by atoms with Crippen molar-refractivity contribution in [2.45, 2.75) is 20.0 Å². The van der Waals surface area contributed by atoms with Gasteiger partial charge in [-0.15, -0.1) is 0 Å². The fourth-order valence-electron chi connectivity index (χ4n) is 2.16. The lowest BCUT2D eigenvalue weighted by molar-refractivity contribution is -0.145. The third kappa shape index (κ3) is 3.12. The number of nitrogens with zero attached hydrogens (tertiary/aromatic N) is 2. The lowest BCUT2D eigenvalue weighted by atomic mass is 9.93. The van der Waals surface area contributed by atoms with Gasteiger partial charge in [-0.05, 0) is 31.5 Å². The van der Waals surface area contributed by atoms with Crippen LogP contribution in [-0.2, 0) is 9.53 Å². The van der Waals surface area contributed by atoms with Gasteiger partial charge in [0.25, 0.3) is 0 Å². The molecule has 1 saturated heterocycles. The molecule has 1 fully saturated rings. The van der Waals surface area contributed by atoms with Gasteiger partial charge in [0.2, 0.25) is 5.91 Å². The Morgan fingerprint density at radius 1 is 1.45 bits per heavy atom. The molecule has 0 aliphatic carbocycles. The maximum atomic E-state index is 12.3. The molecule has 2 rings (SSSR count). The molecule has 0 unspecified atom stereocenters. The zero-order chi connectivity index (χ0) is 14.8. The van der Waals surface area contributed by atoms with Crippen molar-refractivity contribution in [2.24, 2.45) is 5.41 Å². The number of carbonyl (C=O) groups is 1. The smallest absolute Gasteiger partial charge is 0.242 e. The summed E-state index contributed by atoms with van der Waals surface area (Å²) < 4.78 is 5.71. The molecule has 106 valence electrons. The van der Waals surface area contributed by atoms with E-state index in [1.807, 2.05) is 12.1 Å². The van der Waals surface area contributed by atoms with Crippen LogP contribution in [0.5, 0.6) is 0 Å². The van der Waals surface area contributed by atoms with E-state index in [4.69, 9.17) is 21.6 Å². The summed E-state index contributed by atoms with van der Waals surface area (Å²) in [7, 11) is 0. The van der Waals surface area contributed by atoms with Crippen molar-refractivity contribution in [1.82, 2.24) is 4.90 Å². The standard InChI is InChI=1S/C15H17ClN2O2/c1-15(2,10-17)14(19)18-7-8-20-13(9-18)11-3-5-12(16)6-4-11/h3-6,13H,7-9H2,1-2H3/t13-/m0/s1. The average molecular weight is 293 g/mol. The number of hydrogen-bond donors (Lipinski definition) is 0. The Morgan fingerprint density at radius 3 is 2.70 bits per heavy atom. The molecule has 1 aromatic rings. The van der Waals surface area contributed by atoms with Gasteiger partial charge in [-0.3, -0.25) is 4.79 Å². The first kappa shape index (κ1) is 14.8. The van der Waals surface area contributed by atoms with Crippen molar-refractivity contribution >= 4 is 17.5 Å².